The van der Waals surface area contributed by atoms with Crippen molar-refractivity contribution in [1.82, 2.24) is 19.8 Å². The number of halogens is 4. The number of carbonyl (C=O) groups is 2. The normalized spacial score (nSPS) is 23.3. The molecule has 1 aliphatic carbocycles. The van der Waals surface area contributed by atoms with Crippen LogP contribution < -0.4 is 10.5 Å². The van der Waals surface area contributed by atoms with Gasteiger partial charge in [0.25, 0.3) is 5.91 Å². The predicted molar refractivity (Wildman–Crippen MR) is 139 cm³/mol. The van der Waals surface area contributed by atoms with Crippen molar-refractivity contribution in [2.24, 2.45) is 17.1 Å². The molecule has 2 aliphatic heterocycles. The molecule has 3 fully saturated rings. The van der Waals surface area contributed by atoms with Crippen molar-refractivity contribution < 1.29 is 37.0 Å². The summed E-state index contributed by atoms with van der Waals surface area (Å²) in [6, 6.07) is 2.73. The van der Waals surface area contributed by atoms with Crippen LogP contribution in [0, 0.1) is 17.2 Å². The number of primary amides is 1. The molecule has 2 unspecified atom stereocenters. The molecule has 41 heavy (non-hydrogen) atoms. The minimum absolute atomic E-state index is 0.0715. The van der Waals surface area contributed by atoms with Gasteiger partial charge in [0, 0.05) is 18.7 Å². The number of aliphatic hydroxyl groups excluding tert-OH is 1. The molecule has 9 nitrogen and oxygen atoms in total. The lowest BCUT2D eigenvalue weighted by Gasteiger charge is -2.47. The molecule has 0 radical (unpaired) electrons. The maximum atomic E-state index is 14.9. The average molecular weight is 580 g/mol. The summed E-state index contributed by atoms with van der Waals surface area (Å²) in [6.45, 7) is 1.72. The SMILES string of the molecule is NC(=O)C1C(O)CCN1C(=O)c1ccc(-c2cnc(OCC3CCN(CC4(C(F)(F)F)CCC4)CC3)cn2)cc1F. The van der Waals surface area contributed by atoms with Crippen LogP contribution in [0.15, 0.2) is 30.6 Å². The highest BCUT2D eigenvalue weighted by molar-refractivity contribution is 5.98. The van der Waals surface area contributed by atoms with Gasteiger partial charge in [0.15, 0.2) is 0 Å². The van der Waals surface area contributed by atoms with Crippen molar-refractivity contribution in [2.75, 3.05) is 32.8 Å². The Morgan fingerprint density at radius 3 is 2.39 bits per heavy atom. The van der Waals surface area contributed by atoms with Crippen molar-refractivity contribution in [3.05, 3.63) is 42.0 Å². The molecule has 3 N–H and O–H groups in total. The zero-order valence-corrected chi connectivity index (χ0v) is 22.4. The number of hydrogen-bond donors (Lipinski definition) is 2. The summed E-state index contributed by atoms with van der Waals surface area (Å²) in [5, 5.41) is 9.95. The van der Waals surface area contributed by atoms with Crippen molar-refractivity contribution >= 4 is 11.8 Å². The van der Waals surface area contributed by atoms with E-state index in [1.165, 1.54) is 24.5 Å². The number of nitrogens with zero attached hydrogens (tertiary/aromatic N) is 4. The van der Waals surface area contributed by atoms with Gasteiger partial charge in [-0.25, -0.2) is 14.4 Å². The first-order chi connectivity index (χ1) is 19.5. The minimum Gasteiger partial charge on any atom is -0.476 e. The number of alkyl halides is 3. The zero-order chi connectivity index (χ0) is 29.4. The Bertz CT molecular complexity index is 1260. The third-order valence-electron chi connectivity index (χ3n) is 8.65. The van der Waals surface area contributed by atoms with Gasteiger partial charge in [-0.1, -0.05) is 12.5 Å². The molecule has 2 aromatic rings. The van der Waals surface area contributed by atoms with Gasteiger partial charge in [-0.3, -0.25) is 9.59 Å². The number of aliphatic hydroxyl groups is 1. The van der Waals surface area contributed by atoms with Crippen LogP contribution in [0.1, 0.15) is 48.9 Å². The minimum atomic E-state index is -4.16. The van der Waals surface area contributed by atoms with Crippen LogP contribution in [0.2, 0.25) is 0 Å². The maximum absolute atomic E-state index is 14.9. The fourth-order valence-electron chi connectivity index (χ4n) is 5.97. The largest absolute Gasteiger partial charge is 0.476 e. The molecule has 1 saturated carbocycles. The Morgan fingerprint density at radius 1 is 1.10 bits per heavy atom. The van der Waals surface area contributed by atoms with E-state index in [9.17, 15) is 32.3 Å². The van der Waals surface area contributed by atoms with Crippen molar-refractivity contribution in [1.29, 1.82) is 0 Å². The number of carbonyl (C=O) groups excluding carboxylic acids is 2. The first-order valence-corrected chi connectivity index (χ1v) is 13.8. The summed E-state index contributed by atoms with van der Waals surface area (Å²) in [7, 11) is 0. The molecule has 3 aliphatic rings. The number of ether oxygens (including phenoxy) is 1. The summed E-state index contributed by atoms with van der Waals surface area (Å²) in [6.07, 6.45) is 0.282. The van der Waals surface area contributed by atoms with Gasteiger partial charge in [-0.05, 0) is 63.2 Å². The van der Waals surface area contributed by atoms with E-state index in [2.05, 4.69) is 9.97 Å². The smallest absolute Gasteiger partial charge is 0.395 e. The van der Waals surface area contributed by atoms with Crippen molar-refractivity contribution in [3.8, 4) is 17.1 Å². The quantitative estimate of drug-likeness (QED) is 0.461. The molecular formula is C28H33F4N5O4. The standard InChI is InChI=1S/C28H33F4N5O4/c29-20-12-18(2-3-19(20)26(40)37-11-6-22(38)24(37)25(33)39)21-13-35-23(14-34-21)41-15-17-4-9-36(10-5-17)16-27(7-1-8-27)28(30,31)32/h2-3,12-14,17,22,24,38H,1,4-11,15-16H2,(H2,33,39). The first kappa shape index (κ1) is 29.2. The molecule has 222 valence electrons. The summed E-state index contributed by atoms with van der Waals surface area (Å²) in [4.78, 5) is 36.0. The van der Waals surface area contributed by atoms with E-state index in [-0.39, 0.29) is 49.7 Å². The number of amides is 2. The van der Waals surface area contributed by atoms with Gasteiger partial charge in [0.05, 0.1) is 41.8 Å². The summed E-state index contributed by atoms with van der Waals surface area (Å²) in [5.74, 6) is -1.94. The lowest BCUT2D eigenvalue weighted by Crippen LogP contribution is -2.53. The number of piperidine rings is 1. The molecule has 13 heteroatoms. The molecular weight excluding hydrogens is 546 g/mol. The Kier molecular flexibility index (Phi) is 8.20. The second kappa shape index (κ2) is 11.5. The fourth-order valence-corrected chi connectivity index (χ4v) is 5.97. The lowest BCUT2D eigenvalue weighted by atomic mass is 9.67. The summed E-state index contributed by atoms with van der Waals surface area (Å²) >= 11 is 0. The molecule has 2 saturated heterocycles. The summed E-state index contributed by atoms with van der Waals surface area (Å²) < 4.78 is 61.2. The van der Waals surface area contributed by atoms with E-state index in [1.807, 2.05) is 4.90 Å². The first-order valence-electron chi connectivity index (χ1n) is 13.8. The zero-order valence-electron chi connectivity index (χ0n) is 22.4. The van der Waals surface area contributed by atoms with Crippen LogP contribution in [0.4, 0.5) is 17.6 Å². The van der Waals surface area contributed by atoms with Gasteiger partial charge in [0.2, 0.25) is 11.8 Å². The second-order valence-corrected chi connectivity index (χ2v) is 11.3. The molecule has 0 bridgehead atoms. The van der Waals surface area contributed by atoms with Crippen LogP contribution in [0.25, 0.3) is 11.3 Å². The van der Waals surface area contributed by atoms with E-state index < -0.39 is 41.4 Å². The van der Waals surface area contributed by atoms with Gasteiger partial charge >= 0.3 is 6.18 Å². The third-order valence-corrected chi connectivity index (χ3v) is 8.65. The Hall–Kier alpha value is -3.32. The van der Waals surface area contributed by atoms with Crippen LogP contribution in [-0.2, 0) is 4.79 Å². The van der Waals surface area contributed by atoms with Gasteiger partial charge < -0.3 is 25.4 Å². The highest BCUT2D eigenvalue weighted by Gasteiger charge is 2.58. The molecule has 5 rings (SSSR count). The van der Waals surface area contributed by atoms with Crippen molar-refractivity contribution in [2.45, 2.75) is 56.8 Å². The molecule has 0 spiro atoms. The van der Waals surface area contributed by atoms with Crippen molar-refractivity contribution in [3.63, 3.8) is 0 Å². The van der Waals surface area contributed by atoms with Crippen LogP contribution in [-0.4, -0.2) is 87.8 Å². The highest BCUT2D eigenvalue weighted by atomic mass is 19.4. The van der Waals surface area contributed by atoms with Gasteiger partial charge in [-0.15, -0.1) is 0 Å². The number of likely N-dealkylation sites (tertiary alicyclic amines) is 2. The molecule has 3 heterocycles. The van der Waals surface area contributed by atoms with Crippen LogP contribution >= 0.6 is 0 Å². The lowest BCUT2D eigenvalue weighted by molar-refractivity contribution is -0.256. The Balaban J connectivity index is 1.13. The number of aromatic nitrogens is 2. The number of rotatable bonds is 8. The Morgan fingerprint density at radius 2 is 1.83 bits per heavy atom. The molecule has 1 aromatic heterocycles. The highest BCUT2D eigenvalue weighted by Crippen LogP contribution is 2.53. The van der Waals surface area contributed by atoms with E-state index in [0.717, 1.165) is 23.8 Å². The number of benzene rings is 1. The predicted octanol–water partition coefficient (Wildman–Crippen LogP) is 3.17. The maximum Gasteiger partial charge on any atom is 0.395 e. The molecule has 2 atom stereocenters. The summed E-state index contributed by atoms with van der Waals surface area (Å²) in [5.41, 5.74) is 4.23. The third kappa shape index (κ3) is 6.01. The molecule has 2 amide bonds. The average Bonchev–Trinajstić information content (AvgIpc) is 3.31. The Labute approximate surface area is 234 Å². The second-order valence-electron chi connectivity index (χ2n) is 11.3. The van der Waals surface area contributed by atoms with Crippen LogP contribution in [0.3, 0.4) is 0 Å². The monoisotopic (exact) mass is 579 g/mol. The van der Waals surface area contributed by atoms with E-state index in [0.29, 0.717) is 37.4 Å². The van der Waals surface area contributed by atoms with E-state index >= 15 is 0 Å². The van der Waals surface area contributed by atoms with Gasteiger partial charge in [0.1, 0.15) is 11.9 Å². The van der Waals surface area contributed by atoms with Crippen LogP contribution in [0.5, 0.6) is 5.88 Å². The number of nitrogens with two attached hydrogens (primary N) is 1. The number of hydrogen-bond acceptors (Lipinski definition) is 7. The van der Waals surface area contributed by atoms with Gasteiger partial charge in [-0.2, -0.15) is 13.2 Å². The fraction of sp³-hybridized carbons (Fsp3) is 0.571. The topological polar surface area (TPSA) is 122 Å². The van der Waals surface area contributed by atoms with E-state index in [1.54, 1.807) is 0 Å². The van der Waals surface area contributed by atoms with E-state index in [4.69, 9.17) is 10.5 Å². The molecule has 1 aromatic carbocycles.